The Kier molecular flexibility index (Phi) is 10.5. The van der Waals surface area contributed by atoms with Gasteiger partial charge in [0.05, 0.1) is 33.9 Å². The molecule has 122 valence electrons. The average molecular weight is 341 g/mol. The van der Waals surface area contributed by atoms with E-state index in [-0.39, 0.29) is 37.7 Å². The van der Waals surface area contributed by atoms with Crippen LogP contribution in [0.1, 0.15) is 16.7 Å². The molecule has 0 unspecified atom stereocenters. The standard InChI is InChI=1S/C14H25N3O2S.Ar/c1-11-12(9-15(2)3)7-14(17(6)18-19-20)8-13(11)10-16(4)5;/h7-8,20H,9-10H2,1-6H3;/p+2. The first kappa shape index (κ1) is 21.5. The normalized spacial score (nSPS) is 10.9. The van der Waals surface area contributed by atoms with Gasteiger partial charge in [-0.1, -0.05) is 4.99 Å². The van der Waals surface area contributed by atoms with E-state index in [0.717, 1.165) is 18.8 Å². The van der Waals surface area contributed by atoms with Crippen LogP contribution in [-0.2, 0) is 22.4 Å². The monoisotopic (exact) mass is 341 g/mol. The van der Waals surface area contributed by atoms with E-state index < -0.39 is 0 Å². The summed E-state index contributed by atoms with van der Waals surface area (Å²) in [4.78, 5) is 7.75. The van der Waals surface area contributed by atoms with Crippen molar-refractivity contribution < 1.29 is 56.9 Å². The van der Waals surface area contributed by atoms with Crippen molar-refractivity contribution in [3.05, 3.63) is 28.8 Å². The summed E-state index contributed by atoms with van der Waals surface area (Å²) in [6, 6.07) is 4.28. The summed E-state index contributed by atoms with van der Waals surface area (Å²) >= 11 is 3.62. The van der Waals surface area contributed by atoms with E-state index in [9.17, 15) is 0 Å². The topological polar surface area (TPSA) is 30.6 Å². The minimum Gasteiger partial charge on any atom is -0.336 e. The molecule has 0 amide bonds. The molecule has 0 spiro atoms. The Bertz CT molecular complexity index is 413. The molecule has 2 N–H and O–H groups in total. The first-order valence-electron chi connectivity index (χ1n) is 6.77. The molecule has 0 aromatic heterocycles. The number of nitrogens with one attached hydrogen (secondary N) is 2. The van der Waals surface area contributed by atoms with Crippen LogP contribution in [0.15, 0.2) is 12.1 Å². The van der Waals surface area contributed by atoms with E-state index in [0.29, 0.717) is 0 Å². The summed E-state index contributed by atoms with van der Waals surface area (Å²) in [5.74, 6) is 0. The van der Waals surface area contributed by atoms with E-state index in [2.05, 4.69) is 64.5 Å². The molecular formula is C14H27ArN3O2S+2. The number of rotatable bonds is 7. The Hall–Kier alpha value is 0.470. The Morgan fingerprint density at radius 3 is 1.81 bits per heavy atom. The molecule has 7 heteroatoms. The third kappa shape index (κ3) is 7.05. The van der Waals surface area contributed by atoms with Gasteiger partial charge in [-0.25, -0.2) is 5.06 Å². The first-order chi connectivity index (χ1) is 9.35. The van der Waals surface area contributed by atoms with Crippen molar-refractivity contribution in [1.82, 2.24) is 0 Å². The van der Waals surface area contributed by atoms with E-state index >= 15 is 0 Å². The Morgan fingerprint density at radius 1 is 1.05 bits per heavy atom. The number of hydrogen-bond acceptors (Lipinski definition) is 4. The zero-order valence-corrected chi connectivity index (χ0v) is 15.2. The van der Waals surface area contributed by atoms with Crippen molar-refractivity contribution in [3.63, 3.8) is 0 Å². The molecular weight excluding hydrogens is 314 g/mol. The van der Waals surface area contributed by atoms with Crippen molar-refractivity contribution in [2.45, 2.75) is 20.0 Å². The number of thiol groups is 1. The maximum absolute atomic E-state index is 4.97. The van der Waals surface area contributed by atoms with Gasteiger partial charge in [0, 0.05) is 68.8 Å². The molecule has 0 heterocycles. The van der Waals surface area contributed by atoms with Gasteiger partial charge in [-0.3, -0.25) is 0 Å². The van der Waals surface area contributed by atoms with Crippen LogP contribution in [0.4, 0.5) is 5.69 Å². The second-order valence-electron chi connectivity index (χ2n) is 5.80. The van der Waals surface area contributed by atoms with Gasteiger partial charge in [0.1, 0.15) is 13.1 Å². The number of benzene rings is 1. The van der Waals surface area contributed by atoms with Crippen molar-refractivity contribution in [2.75, 3.05) is 40.3 Å². The van der Waals surface area contributed by atoms with Gasteiger partial charge < -0.3 is 9.80 Å². The van der Waals surface area contributed by atoms with Gasteiger partial charge in [-0.05, 0) is 24.6 Å². The number of nitrogens with zero attached hydrogens (tertiary/aromatic N) is 1. The molecule has 0 fully saturated rings. The van der Waals surface area contributed by atoms with Crippen LogP contribution >= 0.6 is 12.9 Å². The zero-order valence-electron chi connectivity index (χ0n) is 13.6. The number of quaternary nitrogens is 2. The molecule has 5 nitrogen and oxygen atoms in total. The van der Waals surface area contributed by atoms with Crippen LogP contribution in [0, 0.1) is 44.7 Å². The van der Waals surface area contributed by atoms with E-state index in [1.54, 1.807) is 12.1 Å². The van der Waals surface area contributed by atoms with Crippen LogP contribution in [0.3, 0.4) is 0 Å². The fourth-order valence-electron chi connectivity index (χ4n) is 2.23. The molecule has 0 aliphatic rings. The molecule has 1 rings (SSSR count). The molecule has 0 radical (unpaired) electrons. The molecule has 1 aromatic rings. The second kappa shape index (κ2) is 10.3. The number of hydrogen-bond donors (Lipinski definition) is 3. The van der Waals surface area contributed by atoms with Gasteiger partial charge in [-0.2, -0.15) is 0 Å². The molecule has 0 saturated heterocycles. The minimum atomic E-state index is 0. The van der Waals surface area contributed by atoms with Gasteiger partial charge in [0.15, 0.2) is 0 Å². The van der Waals surface area contributed by atoms with Gasteiger partial charge >= 0.3 is 0 Å². The smallest absolute Gasteiger partial charge is 0.103 e. The van der Waals surface area contributed by atoms with Gasteiger partial charge in [0.2, 0.25) is 0 Å². The summed E-state index contributed by atoms with van der Waals surface area (Å²) in [7, 11) is 10.4. The molecule has 0 aliphatic heterocycles. The van der Waals surface area contributed by atoms with E-state index in [1.807, 2.05) is 0 Å². The average Bonchev–Trinajstić information content (AvgIpc) is 2.33. The predicted molar refractivity (Wildman–Crippen MR) is 83.8 cm³/mol. The fraction of sp³-hybridized carbons (Fsp3) is 0.571. The largest absolute Gasteiger partial charge is 0.336 e. The van der Waals surface area contributed by atoms with Crippen LogP contribution in [0.25, 0.3) is 0 Å². The molecule has 21 heavy (non-hydrogen) atoms. The maximum atomic E-state index is 4.97. The van der Waals surface area contributed by atoms with Crippen molar-refractivity contribution in [3.8, 4) is 0 Å². The summed E-state index contributed by atoms with van der Waals surface area (Å²) in [6.07, 6.45) is 0. The molecule has 0 bridgehead atoms. The van der Waals surface area contributed by atoms with Crippen LogP contribution < -0.4 is 14.9 Å². The minimum absolute atomic E-state index is 0. The predicted octanol–water partition coefficient (Wildman–Crippen LogP) is -0.572. The van der Waals surface area contributed by atoms with Crippen molar-refractivity contribution in [1.29, 1.82) is 0 Å². The van der Waals surface area contributed by atoms with Crippen molar-refractivity contribution >= 4 is 18.6 Å². The summed E-state index contributed by atoms with van der Waals surface area (Å²) in [5.41, 5.74) is 4.98. The Morgan fingerprint density at radius 2 is 1.48 bits per heavy atom. The van der Waals surface area contributed by atoms with Crippen LogP contribution in [0.5, 0.6) is 0 Å². The van der Waals surface area contributed by atoms with Crippen LogP contribution in [0.2, 0.25) is 0 Å². The van der Waals surface area contributed by atoms with Crippen LogP contribution in [-0.4, -0.2) is 35.2 Å². The third-order valence-corrected chi connectivity index (χ3v) is 3.27. The molecule has 0 atom stereocenters. The molecule has 0 saturated carbocycles. The summed E-state index contributed by atoms with van der Waals surface area (Å²) < 4.78 is 4.44. The molecule has 1 aromatic carbocycles. The first-order valence-corrected chi connectivity index (χ1v) is 7.14. The van der Waals surface area contributed by atoms with Gasteiger partial charge in [-0.15, -0.1) is 4.33 Å². The van der Waals surface area contributed by atoms with E-state index in [1.165, 1.54) is 26.5 Å². The Labute approximate surface area is 163 Å². The third-order valence-electron chi connectivity index (χ3n) is 3.20. The molecule has 0 aliphatic carbocycles. The van der Waals surface area contributed by atoms with E-state index in [4.69, 9.17) is 4.99 Å². The number of hydroxylamine groups is 1. The summed E-state index contributed by atoms with van der Waals surface area (Å²) in [6.45, 7) is 4.15. The quantitative estimate of drug-likeness (QED) is 0.269. The second-order valence-corrected chi connectivity index (χ2v) is 5.95. The SMILES string of the molecule is Cc1c(C[NH+](C)C)cc(N(C)OOS)cc1C[NH+](C)C.[Ar]. The summed E-state index contributed by atoms with van der Waals surface area (Å²) in [5, 5.41) is 1.58. The fourth-order valence-corrected chi connectivity index (χ4v) is 2.33. The maximum Gasteiger partial charge on any atom is 0.103 e. The van der Waals surface area contributed by atoms with Crippen molar-refractivity contribution in [2.24, 2.45) is 0 Å². The van der Waals surface area contributed by atoms with Gasteiger partial charge in [0.25, 0.3) is 0 Å². The Balaban J connectivity index is 0.00000400. The number of anilines is 1. The zero-order chi connectivity index (χ0) is 15.3.